The molecule has 0 unspecified atom stereocenters. The Hall–Kier alpha value is -4.47. The minimum atomic E-state index is -0.586. The topological polar surface area (TPSA) is 80.6 Å². The summed E-state index contributed by atoms with van der Waals surface area (Å²) in [7, 11) is 1.49. The van der Waals surface area contributed by atoms with Gasteiger partial charge in [-0.2, -0.15) is 5.26 Å². The summed E-state index contributed by atoms with van der Waals surface area (Å²) in [6, 6.07) is 26.3. The minimum Gasteiger partial charge on any atom is -0.495 e. The SMILES string of the molecule is CCOc1cc(/C=C(\C#N)C(=O)Nc2cc(Cl)ccc2OC)ccc1OCc1cccc2ccccc12. The van der Waals surface area contributed by atoms with E-state index in [1.54, 1.807) is 36.4 Å². The van der Waals surface area contributed by atoms with Crippen molar-refractivity contribution in [3.8, 4) is 23.3 Å². The zero-order valence-corrected chi connectivity index (χ0v) is 21.2. The van der Waals surface area contributed by atoms with Gasteiger partial charge in [0, 0.05) is 5.02 Å². The lowest BCUT2D eigenvalue weighted by Gasteiger charge is -2.14. The number of fused-ring (bicyclic) bond motifs is 1. The Morgan fingerprint density at radius 1 is 0.973 bits per heavy atom. The largest absolute Gasteiger partial charge is 0.495 e. The molecule has 0 spiro atoms. The first-order chi connectivity index (χ1) is 18.0. The van der Waals surface area contributed by atoms with Crippen LogP contribution in [0.2, 0.25) is 5.02 Å². The molecule has 0 aliphatic heterocycles. The second kappa shape index (κ2) is 12.0. The number of nitriles is 1. The maximum Gasteiger partial charge on any atom is 0.266 e. The highest BCUT2D eigenvalue weighted by atomic mass is 35.5. The number of benzene rings is 4. The second-order valence-electron chi connectivity index (χ2n) is 8.03. The average Bonchev–Trinajstić information content (AvgIpc) is 2.91. The van der Waals surface area contributed by atoms with Crippen LogP contribution in [0, 0.1) is 11.3 Å². The quantitative estimate of drug-likeness (QED) is 0.192. The number of nitrogens with one attached hydrogen (secondary N) is 1. The first-order valence-corrected chi connectivity index (χ1v) is 12.0. The molecule has 1 amide bonds. The Kier molecular flexibility index (Phi) is 8.29. The van der Waals surface area contributed by atoms with Crippen LogP contribution in [0.15, 0.2) is 84.4 Å². The van der Waals surface area contributed by atoms with Crippen molar-refractivity contribution in [2.45, 2.75) is 13.5 Å². The van der Waals surface area contributed by atoms with Crippen LogP contribution in [-0.4, -0.2) is 19.6 Å². The minimum absolute atomic E-state index is 0.0890. The lowest BCUT2D eigenvalue weighted by Crippen LogP contribution is -2.14. The normalized spacial score (nSPS) is 11.0. The van der Waals surface area contributed by atoms with Crippen LogP contribution in [0.5, 0.6) is 17.2 Å². The van der Waals surface area contributed by atoms with Crippen LogP contribution < -0.4 is 19.5 Å². The number of anilines is 1. The Morgan fingerprint density at radius 3 is 2.54 bits per heavy atom. The number of rotatable bonds is 9. The molecule has 4 aromatic rings. The van der Waals surface area contributed by atoms with Crippen molar-refractivity contribution >= 4 is 40.0 Å². The zero-order valence-electron chi connectivity index (χ0n) is 20.5. The van der Waals surface area contributed by atoms with Gasteiger partial charge < -0.3 is 19.5 Å². The third kappa shape index (κ3) is 6.21. The molecule has 0 heterocycles. The van der Waals surface area contributed by atoms with Crippen molar-refractivity contribution in [2.75, 3.05) is 19.0 Å². The lowest BCUT2D eigenvalue weighted by molar-refractivity contribution is -0.112. The molecule has 0 aliphatic carbocycles. The Labute approximate surface area is 220 Å². The number of ether oxygens (including phenoxy) is 3. The molecular weight excluding hydrogens is 488 g/mol. The van der Waals surface area contributed by atoms with E-state index in [0.717, 1.165) is 16.3 Å². The molecule has 0 saturated carbocycles. The van der Waals surface area contributed by atoms with E-state index in [-0.39, 0.29) is 5.57 Å². The standard InChI is InChI=1S/C30H25ClN2O4/c1-3-36-29-16-20(15-23(18-32)30(34)33-26-17-24(31)12-14-27(26)35-2)11-13-28(29)37-19-22-9-6-8-21-7-4-5-10-25(21)22/h4-17H,3,19H2,1-2H3,(H,33,34)/b23-15+. The summed E-state index contributed by atoms with van der Waals surface area (Å²) in [5.41, 5.74) is 1.96. The monoisotopic (exact) mass is 512 g/mol. The van der Waals surface area contributed by atoms with E-state index in [9.17, 15) is 10.1 Å². The van der Waals surface area contributed by atoms with Crippen LogP contribution in [0.1, 0.15) is 18.1 Å². The molecule has 0 saturated heterocycles. The van der Waals surface area contributed by atoms with Gasteiger partial charge in [-0.25, -0.2) is 0 Å². The van der Waals surface area contributed by atoms with Crippen LogP contribution in [0.4, 0.5) is 5.69 Å². The van der Waals surface area contributed by atoms with Gasteiger partial charge >= 0.3 is 0 Å². The number of carbonyl (C=O) groups excluding carboxylic acids is 1. The van der Waals surface area contributed by atoms with Gasteiger partial charge in [-0.3, -0.25) is 4.79 Å². The summed E-state index contributed by atoms with van der Waals surface area (Å²) in [5.74, 6) is 0.933. The van der Waals surface area contributed by atoms with E-state index in [2.05, 4.69) is 23.5 Å². The maximum absolute atomic E-state index is 12.8. The van der Waals surface area contributed by atoms with E-state index in [1.807, 2.05) is 37.3 Å². The van der Waals surface area contributed by atoms with Crippen LogP contribution >= 0.6 is 11.6 Å². The van der Waals surface area contributed by atoms with Crippen LogP contribution in [-0.2, 0) is 11.4 Å². The van der Waals surface area contributed by atoms with Crippen molar-refractivity contribution in [3.05, 3.63) is 101 Å². The fourth-order valence-electron chi connectivity index (χ4n) is 3.86. The molecule has 186 valence electrons. The predicted molar refractivity (Wildman–Crippen MR) is 146 cm³/mol. The highest BCUT2D eigenvalue weighted by Gasteiger charge is 2.14. The van der Waals surface area contributed by atoms with E-state index < -0.39 is 5.91 Å². The third-order valence-electron chi connectivity index (χ3n) is 5.62. The molecule has 37 heavy (non-hydrogen) atoms. The highest BCUT2D eigenvalue weighted by Crippen LogP contribution is 2.32. The number of carbonyl (C=O) groups is 1. The Bertz CT molecular complexity index is 1500. The number of hydrogen-bond acceptors (Lipinski definition) is 5. The van der Waals surface area contributed by atoms with Crippen LogP contribution in [0.3, 0.4) is 0 Å². The van der Waals surface area contributed by atoms with Gasteiger partial charge in [0.15, 0.2) is 11.5 Å². The first-order valence-electron chi connectivity index (χ1n) is 11.7. The summed E-state index contributed by atoms with van der Waals surface area (Å²) < 4.78 is 17.2. The molecular formula is C30H25ClN2O4. The molecule has 1 N–H and O–H groups in total. The van der Waals surface area contributed by atoms with E-state index >= 15 is 0 Å². The molecule has 0 bridgehead atoms. The fraction of sp³-hybridized carbons (Fsp3) is 0.133. The van der Waals surface area contributed by atoms with Gasteiger partial charge in [0.1, 0.15) is 24.0 Å². The lowest BCUT2D eigenvalue weighted by atomic mass is 10.1. The van der Waals surface area contributed by atoms with Gasteiger partial charge in [-0.1, -0.05) is 60.1 Å². The molecule has 0 aliphatic rings. The van der Waals surface area contributed by atoms with Crippen molar-refractivity contribution in [1.82, 2.24) is 0 Å². The Balaban J connectivity index is 1.55. The maximum atomic E-state index is 12.8. The highest BCUT2D eigenvalue weighted by molar-refractivity contribution is 6.31. The smallest absolute Gasteiger partial charge is 0.266 e. The molecule has 0 fully saturated rings. The first kappa shape index (κ1) is 25.6. The molecule has 4 aromatic carbocycles. The number of nitrogens with zero attached hydrogens (tertiary/aromatic N) is 1. The zero-order chi connectivity index (χ0) is 26.2. The number of methoxy groups -OCH3 is 1. The number of amides is 1. The molecule has 7 heteroatoms. The molecule has 0 aromatic heterocycles. The van der Waals surface area contributed by atoms with Gasteiger partial charge in [0.05, 0.1) is 19.4 Å². The van der Waals surface area contributed by atoms with Gasteiger partial charge in [-0.15, -0.1) is 0 Å². The van der Waals surface area contributed by atoms with Crippen molar-refractivity contribution in [1.29, 1.82) is 5.26 Å². The molecule has 4 rings (SSSR count). The number of halogens is 1. The summed E-state index contributed by atoms with van der Waals surface area (Å²) in [6.45, 7) is 2.67. The van der Waals surface area contributed by atoms with E-state index in [0.29, 0.717) is 46.7 Å². The van der Waals surface area contributed by atoms with Crippen molar-refractivity contribution < 1.29 is 19.0 Å². The molecule has 0 atom stereocenters. The molecule has 0 radical (unpaired) electrons. The summed E-state index contributed by atoms with van der Waals surface area (Å²) in [5, 5.41) is 15.0. The average molecular weight is 513 g/mol. The third-order valence-corrected chi connectivity index (χ3v) is 5.85. The Morgan fingerprint density at radius 2 is 1.76 bits per heavy atom. The summed E-state index contributed by atoms with van der Waals surface area (Å²) >= 11 is 6.04. The molecule has 6 nitrogen and oxygen atoms in total. The van der Waals surface area contributed by atoms with Gasteiger partial charge in [0.25, 0.3) is 5.91 Å². The second-order valence-corrected chi connectivity index (χ2v) is 8.47. The predicted octanol–water partition coefficient (Wildman–Crippen LogP) is 7.03. The fourth-order valence-corrected chi connectivity index (χ4v) is 4.03. The van der Waals surface area contributed by atoms with Crippen molar-refractivity contribution in [2.24, 2.45) is 0 Å². The van der Waals surface area contributed by atoms with Crippen molar-refractivity contribution in [3.63, 3.8) is 0 Å². The van der Waals surface area contributed by atoms with E-state index in [1.165, 1.54) is 13.2 Å². The van der Waals surface area contributed by atoms with E-state index in [4.69, 9.17) is 25.8 Å². The summed E-state index contributed by atoms with van der Waals surface area (Å²) in [4.78, 5) is 12.8. The number of hydrogen-bond donors (Lipinski definition) is 1. The summed E-state index contributed by atoms with van der Waals surface area (Å²) in [6.07, 6.45) is 1.49. The van der Waals surface area contributed by atoms with Crippen LogP contribution in [0.25, 0.3) is 16.8 Å². The van der Waals surface area contributed by atoms with Gasteiger partial charge in [0.2, 0.25) is 0 Å². The van der Waals surface area contributed by atoms with Gasteiger partial charge in [-0.05, 0) is 65.2 Å².